The van der Waals surface area contributed by atoms with E-state index >= 15 is 0 Å². The second-order valence-electron chi connectivity index (χ2n) is 14.6. The highest BCUT2D eigenvalue weighted by molar-refractivity contribution is 7.99. The van der Waals surface area contributed by atoms with Crippen molar-refractivity contribution in [3.63, 3.8) is 0 Å². The average molecular weight is 775 g/mol. The van der Waals surface area contributed by atoms with E-state index < -0.39 is 0 Å². The zero-order chi connectivity index (χ0) is 39.7. The first kappa shape index (κ1) is 39.4. The molecule has 0 unspecified atom stereocenters. The van der Waals surface area contributed by atoms with E-state index in [9.17, 15) is 14.4 Å². The molecule has 1 aliphatic carbocycles. The van der Waals surface area contributed by atoms with Crippen LogP contribution in [0, 0.1) is 5.92 Å². The minimum absolute atomic E-state index is 0.189. The number of carbonyl (C=O) groups is 3. The quantitative estimate of drug-likeness (QED) is 0.0544. The van der Waals surface area contributed by atoms with Gasteiger partial charge in [-0.15, -0.1) is 0 Å². The van der Waals surface area contributed by atoms with Crippen LogP contribution in [-0.2, 0) is 11.2 Å². The van der Waals surface area contributed by atoms with Crippen LogP contribution in [-0.4, -0.2) is 27.5 Å². The van der Waals surface area contributed by atoms with Crippen molar-refractivity contribution in [2.75, 3.05) is 0 Å². The Balaban J connectivity index is 1.01. The lowest BCUT2D eigenvalue weighted by Crippen LogP contribution is -2.22. The van der Waals surface area contributed by atoms with Gasteiger partial charge in [-0.25, -0.2) is 9.97 Å². The van der Waals surface area contributed by atoms with Crippen molar-refractivity contribution in [3.05, 3.63) is 149 Å². The van der Waals surface area contributed by atoms with Crippen LogP contribution < -0.4 is 9.47 Å². The Kier molecular flexibility index (Phi) is 12.7. The van der Waals surface area contributed by atoms with Crippen LogP contribution in [0.2, 0.25) is 0 Å². The molecule has 0 radical (unpaired) electrons. The summed E-state index contributed by atoms with van der Waals surface area (Å²) in [6, 6.07) is 33.8. The lowest BCUT2D eigenvalue weighted by molar-refractivity contribution is -0.135. The second kappa shape index (κ2) is 18.4. The van der Waals surface area contributed by atoms with E-state index in [1.165, 1.54) is 43.0 Å². The first-order valence-electron chi connectivity index (χ1n) is 19.8. The molecule has 0 saturated heterocycles. The third-order valence-electron chi connectivity index (χ3n) is 10.2. The number of hydrogen-bond donors (Lipinski definition) is 0. The Morgan fingerprint density at radius 2 is 1.32 bits per heavy atom. The number of benzene rings is 5. The fourth-order valence-corrected chi connectivity index (χ4v) is 8.13. The van der Waals surface area contributed by atoms with E-state index in [0.717, 1.165) is 45.7 Å². The van der Waals surface area contributed by atoms with Gasteiger partial charge >= 0.3 is 5.97 Å². The van der Waals surface area contributed by atoms with Gasteiger partial charge in [0.15, 0.2) is 17.4 Å². The molecule has 288 valence electrons. The van der Waals surface area contributed by atoms with Gasteiger partial charge in [0.05, 0.1) is 5.56 Å². The normalized spacial score (nSPS) is 12.5. The van der Waals surface area contributed by atoms with E-state index in [2.05, 4.69) is 55.0 Å². The molecule has 6 aromatic rings. The van der Waals surface area contributed by atoms with Gasteiger partial charge in [0, 0.05) is 56.4 Å². The number of hydrogen-bond acceptors (Lipinski definition) is 8. The molecule has 5 aromatic carbocycles. The van der Waals surface area contributed by atoms with Gasteiger partial charge in [0.25, 0.3) is 0 Å². The number of aromatic nitrogens is 2. The zero-order valence-corrected chi connectivity index (χ0v) is 33.4. The van der Waals surface area contributed by atoms with Gasteiger partial charge in [-0.3, -0.25) is 14.4 Å². The number of unbranched alkanes of at least 4 members (excludes halogenated alkanes) is 3. The number of ketones is 2. The van der Waals surface area contributed by atoms with Crippen LogP contribution in [0.5, 0.6) is 17.2 Å². The molecule has 8 heteroatoms. The highest BCUT2D eigenvalue weighted by Crippen LogP contribution is 2.41. The average Bonchev–Trinajstić information content (AvgIpc) is 3.23. The van der Waals surface area contributed by atoms with Crippen LogP contribution in [0.15, 0.2) is 131 Å². The predicted molar refractivity (Wildman–Crippen MR) is 225 cm³/mol. The molecule has 1 aromatic heterocycles. The molecule has 0 bridgehead atoms. The second-order valence-corrected chi connectivity index (χ2v) is 15.7. The summed E-state index contributed by atoms with van der Waals surface area (Å²) in [7, 11) is 0. The first-order valence-corrected chi connectivity index (χ1v) is 20.7. The monoisotopic (exact) mass is 774 g/mol. The van der Waals surface area contributed by atoms with Crippen molar-refractivity contribution in [1.29, 1.82) is 0 Å². The van der Waals surface area contributed by atoms with Gasteiger partial charge in [0.2, 0.25) is 0 Å². The maximum atomic E-state index is 14.1. The van der Waals surface area contributed by atoms with Crippen molar-refractivity contribution >= 4 is 29.3 Å². The number of fused-ring (bicyclic) bond motifs is 2. The van der Waals surface area contributed by atoms with Crippen LogP contribution in [0.25, 0.3) is 22.5 Å². The maximum Gasteiger partial charge on any atom is 0.311 e. The Morgan fingerprint density at radius 3 is 2.02 bits per heavy atom. The summed E-state index contributed by atoms with van der Waals surface area (Å²) in [6.07, 6.45) is 11.9. The van der Waals surface area contributed by atoms with Crippen molar-refractivity contribution < 1.29 is 23.9 Å². The molecule has 0 amide bonds. The van der Waals surface area contributed by atoms with Crippen LogP contribution >= 0.6 is 11.8 Å². The summed E-state index contributed by atoms with van der Waals surface area (Å²) in [5, 5.41) is 0. The van der Waals surface area contributed by atoms with E-state index in [4.69, 9.17) is 9.47 Å². The van der Waals surface area contributed by atoms with E-state index in [0.29, 0.717) is 52.1 Å². The van der Waals surface area contributed by atoms with Gasteiger partial charge < -0.3 is 9.47 Å². The first-order chi connectivity index (χ1) is 27.8. The number of nitrogens with zero attached hydrogens (tertiary/aromatic N) is 2. The molecular formula is C49H46N2O5S. The van der Waals surface area contributed by atoms with Gasteiger partial charge in [-0.1, -0.05) is 113 Å². The molecule has 0 saturated carbocycles. The van der Waals surface area contributed by atoms with Crippen LogP contribution in [0.4, 0.5) is 0 Å². The molecule has 57 heavy (non-hydrogen) atoms. The molecule has 1 atom stereocenters. The number of aryl methyl sites for hydroxylation is 1. The van der Waals surface area contributed by atoms with E-state index in [1.54, 1.807) is 48.8 Å². The maximum absolute atomic E-state index is 14.1. The van der Waals surface area contributed by atoms with Crippen molar-refractivity contribution in [2.45, 2.75) is 81.9 Å². The summed E-state index contributed by atoms with van der Waals surface area (Å²) >= 11 is 1.51. The Hall–Kier alpha value is -5.86. The molecular weight excluding hydrogens is 729 g/mol. The summed E-state index contributed by atoms with van der Waals surface area (Å²) < 4.78 is 11.8. The van der Waals surface area contributed by atoms with Gasteiger partial charge in [-0.2, -0.15) is 0 Å². The molecule has 7 rings (SSSR count). The fraction of sp³-hybridized carbons (Fsp3) is 0.245. The highest BCUT2D eigenvalue weighted by atomic mass is 32.2. The molecule has 0 spiro atoms. The molecule has 0 fully saturated rings. The number of carbonyl (C=O) groups excluding carboxylic acids is 3. The van der Waals surface area contributed by atoms with Gasteiger partial charge in [0.1, 0.15) is 17.2 Å². The summed E-state index contributed by atoms with van der Waals surface area (Å²) in [4.78, 5) is 51.3. The number of esters is 1. The van der Waals surface area contributed by atoms with E-state index in [-0.39, 0.29) is 23.1 Å². The summed E-state index contributed by atoms with van der Waals surface area (Å²) in [6.45, 7) is 6.39. The molecule has 7 nitrogen and oxygen atoms in total. The molecule has 1 heterocycles. The minimum Gasteiger partial charge on any atom is -0.457 e. The van der Waals surface area contributed by atoms with Gasteiger partial charge in [-0.05, 0) is 90.6 Å². The summed E-state index contributed by atoms with van der Waals surface area (Å²) in [5.74, 6) is 1.54. The Labute approximate surface area is 338 Å². The topological polar surface area (TPSA) is 95.5 Å². The zero-order valence-electron chi connectivity index (χ0n) is 32.6. The third kappa shape index (κ3) is 9.41. The Bertz CT molecular complexity index is 2360. The smallest absolute Gasteiger partial charge is 0.311 e. The van der Waals surface area contributed by atoms with Crippen molar-refractivity contribution in [3.8, 4) is 39.8 Å². The Morgan fingerprint density at radius 1 is 0.667 bits per heavy atom. The van der Waals surface area contributed by atoms with Crippen LogP contribution in [0.1, 0.15) is 103 Å². The van der Waals surface area contributed by atoms with E-state index in [1.807, 2.05) is 48.5 Å². The van der Waals surface area contributed by atoms with Crippen LogP contribution in [0.3, 0.4) is 0 Å². The molecule has 0 aliphatic heterocycles. The predicted octanol–water partition coefficient (Wildman–Crippen LogP) is 12.4. The fourth-order valence-electron chi connectivity index (χ4n) is 7.15. The standard InChI is InChI=1S/C49H46N2O5S/c1-4-6-7-8-12-33-17-27-39(28-18-33)57-43-16-10-14-41-46(43)48(54)40-13-9-15-42(45(40)47(41)53)55-37-23-19-34(20-24-37)36-30-50-49(51-31-36)35-21-25-38(26-22-35)56-44(52)29-32(3)11-5-2/h9-10,13-28,30-32H,4-8,11-12,29H2,1-3H3/t32-/m1/s1. The minimum atomic E-state index is -0.235. The molecule has 0 N–H and O–H groups in total. The number of rotatable bonds is 16. The highest BCUT2D eigenvalue weighted by Gasteiger charge is 2.34. The SMILES string of the molecule is CCCCCCc1ccc(Sc2cccc3c2C(=O)c2cccc(Oc4ccc(-c5cnc(-c6ccc(OC(=O)C[C@H](C)CCC)cc6)nc5)cc4)c2C3=O)cc1. The summed E-state index contributed by atoms with van der Waals surface area (Å²) in [5.41, 5.74) is 5.24. The lowest BCUT2D eigenvalue weighted by Gasteiger charge is -2.22. The largest absolute Gasteiger partial charge is 0.457 e. The lowest BCUT2D eigenvalue weighted by atomic mass is 9.83. The molecule has 1 aliphatic rings. The number of ether oxygens (including phenoxy) is 2. The van der Waals surface area contributed by atoms with Crippen molar-refractivity contribution in [2.24, 2.45) is 5.92 Å². The van der Waals surface area contributed by atoms with Crippen molar-refractivity contribution in [1.82, 2.24) is 9.97 Å². The third-order valence-corrected chi connectivity index (χ3v) is 11.2.